The minimum absolute atomic E-state index is 0.0451. The molecule has 0 aliphatic rings. The lowest BCUT2D eigenvalue weighted by atomic mass is 9.94. The number of ether oxygens (including phenoxy) is 1. The highest BCUT2D eigenvalue weighted by Gasteiger charge is 2.17. The van der Waals surface area contributed by atoms with E-state index in [1.54, 1.807) is 0 Å². The summed E-state index contributed by atoms with van der Waals surface area (Å²) in [4.78, 5) is 12.5. The number of hydrogen-bond acceptors (Lipinski definition) is 2. The third kappa shape index (κ3) is 23.2. The third-order valence-corrected chi connectivity index (χ3v) is 7.54. The second-order valence-electron chi connectivity index (χ2n) is 11.1. The number of unbranched alkanes of at least 4 members (excludes halogenated alkanes) is 18. The van der Waals surface area contributed by atoms with Crippen molar-refractivity contribution in [3.63, 3.8) is 0 Å². The Hall–Kier alpha value is -0.530. The lowest BCUT2D eigenvalue weighted by molar-refractivity contribution is -0.149. The monoisotopic (exact) mass is 480 g/mol. The maximum absolute atomic E-state index is 12.5. The van der Waals surface area contributed by atoms with Gasteiger partial charge < -0.3 is 4.74 Å². The molecular weight excluding hydrogens is 416 g/mol. The average molecular weight is 481 g/mol. The lowest BCUT2D eigenvalue weighted by Gasteiger charge is -2.19. The third-order valence-electron chi connectivity index (χ3n) is 7.54. The van der Waals surface area contributed by atoms with Crippen molar-refractivity contribution in [1.82, 2.24) is 0 Å². The summed E-state index contributed by atoms with van der Waals surface area (Å²) in [6, 6.07) is 0. The first-order valence-electron chi connectivity index (χ1n) is 15.8. The maximum atomic E-state index is 12.5. The van der Waals surface area contributed by atoms with Gasteiger partial charge in [0.2, 0.25) is 0 Å². The van der Waals surface area contributed by atoms with Crippen LogP contribution in [0.3, 0.4) is 0 Å². The predicted octanol–water partition coefficient (Wildman–Crippen LogP) is 11.2. The van der Waals surface area contributed by atoms with Crippen LogP contribution in [0.15, 0.2) is 0 Å². The summed E-state index contributed by atoms with van der Waals surface area (Å²) in [6.07, 6.45) is 31.8. The van der Waals surface area contributed by atoms with Gasteiger partial charge >= 0.3 is 5.97 Å². The van der Waals surface area contributed by atoms with E-state index < -0.39 is 0 Å². The molecule has 0 radical (unpaired) electrons. The molecule has 2 heteroatoms. The molecule has 0 aromatic heterocycles. The summed E-state index contributed by atoms with van der Waals surface area (Å²) in [5.41, 5.74) is 0. The normalized spacial score (nSPS) is 13.2. The molecule has 0 bridgehead atoms. The van der Waals surface area contributed by atoms with E-state index >= 15 is 0 Å². The van der Waals surface area contributed by atoms with Gasteiger partial charge in [-0.15, -0.1) is 0 Å². The molecule has 2 unspecified atom stereocenters. The van der Waals surface area contributed by atoms with E-state index in [4.69, 9.17) is 4.74 Å². The van der Waals surface area contributed by atoms with Gasteiger partial charge in [0.25, 0.3) is 0 Å². The highest BCUT2D eigenvalue weighted by atomic mass is 16.5. The van der Waals surface area contributed by atoms with E-state index in [9.17, 15) is 4.79 Å². The highest BCUT2D eigenvalue weighted by Crippen LogP contribution is 2.21. The Balaban J connectivity index is 3.96. The summed E-state index contributed by atoms with van der Waals surface area (Å²) >= 11 is 0. The van der Waals surface area contributed by atoms with Gasteiger partial charge in [0, 0.05) is 0 Å². The van der Waals surface area contributed by atoms with Crippen molar-refractivity contribution >= 4 is 5.97 Å². The van der Waals surface area contributed by atoms with Crippen LogP contribution >= 0.6 is 0 Å². The van der Waals surface area contributed by atoms with Crippen molar-refractivity contribution < 1.29 is 9.53 Å². The molecule has 0 amide bonds. The van der Waals surface area contributed by atoms with Gasteiger partial charge in [-0.25, -0.2) is 0 Å². The second-order valence-corrected chi connectivity index (χ2v) is 11.1. The van der Waals surface area contributed by atoms with Crippen LogP contribution in [0, 0.1) is 11.8 Å². The summed E-state index contributed by atoms with van der Waals surface area (Å²) < 4.78 is 5.82. The molecule has 0 spiro atoms. The zero-order valence-electron chi connectivity index (χ0n) is 24.1. The van der Waals surface area contributed by atoms with Crippen molar-refractivity contribution in [2.24, 2.45) is 11.8 Å². The Labute approximate surface area is 215 Å². The fraction of sp³-hybridized carbons (Fsp3) is 0.969. The smallest absolute Gasteiger partial charge is 0.308 e. The van der Waals surface area contributed by atoms with Gasteiger partial charge in [0.1, 0.15) is 0 Å². The number of esters is 1. The van der Waals surface area contributed by atoms with Crippen LogP contribution in [-0.4, -0.2) is 12.6 Å². The van der Waals surface area contributed by atoms with Gasteiger partial charge in [-0.2, -0.15) is 0 Å². The predicted molar refractivity (Wildman–Crippen MR) is 151 cm³/mol. The minimum Gasteiger partial charge on any atom is -0.465 e. The van der Waals surface area contributed by atoms with Crippen LogP contribution < -0.4 is 0 Å². The van der Waals surface area contributed by atoms with Gasteiger partial charge in [-0.1, -0.05) is 163 Å². The van der Waals surface area contributed by atoms with E-state index in [2.05, 4.69) is 27.7 Å². The summed E-state index contributed by atoms with van der Waals surface area (Å²) in [6.45, 7) is 9.52. The van der Waals surface area contributed by atoms with E-state index in [0.717, 1.165) is 12.8 Å². The van der Waals surface area contributed by atoms with E-state index in [0.29, 0.717) is 12.5 Å². The Morgan fingerprint density at radius 1 is 0.500 bits per heavy atom. The molecule has 0 aromatic rings. The fourth-order valence-corrected chi connectivity index (χ4v) is 4.96. The standard InChI is InChI=1S/C32H64O2/c1-5-8-11-14-15-16-17-18-19-20-22-25-28-31(27-24-13-10-7-3)29-34-32(33)30(4)26-23-21-12-9-6-2/h30-31H,5-29H2,1-4H3. The maximum Gasteiger partial charge on any atom is 0.308 e. The average Bonchev–Trinajstić information content (AvgIpc) is 2.84. The van der Waals surface area contributed by atoms with Gasteiger partial charge in [0.05, 0.1) is 12.5 Å². The number of carbonyl (C=O) groups is 1. The minimum atomic E-state index is 0.0451. The van der Waals surface area contributed by atoms with Crippen molar-refractivity contribution in [2.45, 2.75) is 182 Å². The molecule has 0 aliphatic heterocycles. The molecule has 0 heterocycles. The van der Waals surface area contributed by atoms with E-state index in [1.165, 1.54) is 141 Å². The molecule has 34 heavy (non-hydrogen) atoms. The quantitative estimate of drug-likeness (QED) is 0.0862. The van der Waals surface area contributed by atoms with Crippen molar-refractivity contribution in [3.8, 4) is 0 Å². The molecule has 0 saturated carbocycles. The summed E-state index contributed by atoms with van der Waals surface area (Å²) in [5.74, 6) is 0.679. The summed E-state index contributed by atoms with van der Waals surface area (Å²) in [5, 5.41) is 0. The Bertz CT molecular complexity index is 406. The first kappa shape index (κ1) is 33.5. The Morgan fingerprint density at radius 3 is 1.24 bits per heavy atom. The number of hydrogen-bond donors (Lipinski definition) is 0. The highest BCUT2D eigenvalue weighted by molar-refractivity contribution is 5.71. The van der Waals surface area contributed by atoms with Gasteiger partial charge in [0.15, 0.2) is 0 Å². The van der Waals surface area contributed by atoms with Crippen LogP contribution in [0.2, 0.25) is 0 Å². The van der Waals surface area contributed by atoms with Gasteiger partial charge in [-0.3, -0.25) is 4.79 Å². The van der Waals surface area contributed by atoms with Crippen LogP contribution in [0.25, 0.3) is 0 Å². The van der Waals surface area contributed by atoms with Crippen LogP contribution in [-0.2, 0) is 9.53 Å². The Morgan fingerprint density at radius 2 is 0.824 bits per heavy atom. The van der Waals surface area contributed by atoms with E-state index in [-0.39, 0.29) is 11.9 Å². The first-order valence-corrected chi connectivity index (χ1v) is 15.8. The lowest BCUT2D eigenvalue weighted by Crippen LogP contribution is -2.20. The van der Waals surface area contributed by atoms with Crippen molar-refractivity contribution in [2.75, 3.05) is 6.61 Å². The largest absolute Gasteiger partial charge is 0.465 e. The number of rotatable bonds is 27. The topological polar surface area (TPSA) is 26.3 Å². The Kier molecular flexibility index (Phi) is 26.6. The van der Waals surface area contributed by atoms with Crippen LogP contribution in [0.4, 0.5) is 0 Å². The summed E-state index contributed by atoms with van der Waals surface area (Å²) in [7, 11) is 0. The SMILES string of the molecule is CCCCCCCCCCCCCCC(CCCCCC)COC(=O)C(C)CCCCCCC. The van der Waals surface area contributed by atoms with Crippen LogP contribution in [0.1, 0.15) is 182 Å². The molecule has 204 valence electrons. The molecule has 2 nitrogen and oxygen atoms in total. The molecule has 0 N–H and O–H groups in total. The van der Waals surface area contributed by atoms with Crippen LogP contribution in [0.5, 0.6) is 0 Å². The van der Waals surface area contributed by atoms with E-state index in [1.807, 2.05) is 0 Å². The zero-order valence-corrected chi connectivity index (χ0v) is 24.1. The molecule has 0 aromatic carbocycles. The first-order chi connectivity index (χ1) is 16.7. The zero-order chi connectivity index (χ0) is 25.1. The molecule has 0 saturated heterocycles. The second kappa shape index (κ2) is 27.1. The van der Waals surface area contributed by atoms with Gasteiger partial charge in [-0.05, 0) is 25.2 Å². The molecule has 0 aliphatic carbocycles. The number of carbonyl (C=O) groups excluding carboxylic acids is 1. The molecule has 0 rings (SSSR count). The van der Waals surface area contributed by atoms with Crippen molar-refractivity contribution in [1.29, 1.82) is 0 Å². The molecule has 0 fully saturated rings. The van der Waals surface area contributed by atoms with Crippen molar-refractivity contribution in [3.05, 3.63) is 0 Å². The molecule has 2 atom stereocenters. The molecular formula is C32H64O2. The fourth-order valence-electron chi connectivity index (χ4n) is 4.96.